The van der Waals surface area contributed by atoms with Gasteiger partial charge in [0.2, 0.25) is 0 Å². The Bertz CT molecular complexity index is 417. The lowest BCUT2D eigenvalue weighted by Crippen LogP contribution is -2.21. The molecule has 82 valence electrons. The van der Waals surface area contributed by atoms with Gasteiger partial charge in [-0.1, -0.05) is 12.2 Å². The van der Waals surface area contributed by atoms with Crippen molar-refractivity contribution in [3.8, 4) is 0 Å². The van der Waals surface area contributed by atoms with Gasteiger partial charge in [-0.3, -0.25) is 4.68 Å². The second kappa shape index (κ2) is 3.20. The summed E-state index contributed by atoms with van der Waals surface area (Å²) in [5, 5.41) is 7.80. The molecule has 3 N–H and O–H groups in total. The lowest BCUT2D eigenvalue weighted by molar-refractivity contribution is 0.730. The van der Waals surface area contributed by atoms with Crippen LogP contribution in [0.2, 0.25) is 0 Å². The fraction of sp³-hybridized carbons (Fsp3) is 0.600. The van der Waals surface area contributed by atoms with Crippen LogP contribution in [0.5, 0.6) is 0 Å². The molecule has 0 spiro atoms. The summed E-state index contributed by atoms with van der Waals surface area (Å²) >= 11 is 5.04. The zero-order valence-electron chi connectivity index (χ0n) is 9.29. The van der Waals surface area contributed by atoms with Crippen molar-refractivity contribution in [1.29, 1.82) is 0 Å². The van der Waals surface area contributed by atoms with Crippen molar-refractivity contribution in [3.05, 3.63) is 11.3 Å². The third-order valence-electron chi connectivity index (χ3n) is 2.89. The number of nitrogens with one attached hydrogen (secondary N) is 1. The summed E-state index contributed by atoms with van der Waals surface area (Å²) in [5.41, 5.74) is 7.68. The summed E-state index contributed by atoms with van der Waals surface area (Å²) in [6.45, 7) is 4.12. The maximum Gasteiger partial charge on any atom is 0.134 e. The van der Waals surface area contributed by atoms with Gasteiger partial charge in [-0.05, 0) is 26.7 Å². The summed E-state index contributed by atoms with van der Waals surface area (Å²) in [7, 11) is 1.91. The second-order valence-electron chi connectivity index (χ2n) is 4.48. The normalized spacial score (nSPS) is 17.5. The van der Waals surface area contributed by atoms with Crippen LogP contribution in [0.4, 0.5) is 5.82 Å². The molecule has 0 amide bonds. The summed E-state index contributed by atoms with van der Waals surface area (Å²) in [6, 6.07) is 0. The Balaban J connectivity index is 2.39. The molecule has 0 bridgehead atoms. The van der Waals surface area contributed by atoms with Crippen molar-refractivity contribution >= 4 is 23.0 Å². The summed E-state index contributed by atoms with van der Waals surface area (Å²) in [5.74, 6) is 0.944. The third kappa shape index (κ3) is 1.84. The van der Waals surface area contributed by atoms with Crippen LogP contribution >= 0.6 is 12.2 Å². The third-order valence-corrected chi connectivity index (χ3v) is 3.09. The Kier molecular flexibility index (Phi) is 2.22. The van der Waals surface area contributed by atoms with E-state index in [1.54, 1.807) is 0 Å². The minimum Gasteiger partial charge on any atom is -0.389 e. The molecule has 0 saturated heterocycles. The Morgan fingerprint density at radius 2 is 2.20 bits per heavy atom. The van der Waals surface area contributed by atoms with E-state index >= 15 is 0 Å². The number of aromatic nitrogens is 2. The van der Waals surface area contributed by atoms with Crippen molar-refractivity contribution in [2.24, 2.45) is 12.8 Å². The predicted octanol–water partition coefficient (Wildman–Crippen LogP) is 1.33. The first-order valence-corrected chi connectivity index (χ1v) is 5.45. The highest BCUT2D eigenvalue weighted by molar-refractivity contribution is 7.80. The molecule has 0 aromatic carbocycles. The van der Waals surface area contributed by atoms with Gasteiger partial charge in [-0.2, -0.15) is 5.10 Å². The van der Waals surface area contributed by atoms with Crippen molar-refractivity contribution in [3.63, 3.8) is 0 Å². The molecule has 1 saturated carbocycles. The molecule has 0 aliphatic heterocycles. The SMILES string of the molecule is Cc1nn(C)c(NC2(C)CC2)c1C(N)=S. The Labute approximate surface area is 94.8 Å². The minimum absolute atomic E-state index is 0.208. The molecule has 1 aromatic heterocycles. The molecule has 0 atom stereocenters. The lowest BCUT2D eigenvalue weighted by atomic mass is 10.2. The minimum atomic E-state index is 0.208. The smallest absolute Gasteiger partial charge is 0.134 e. The molecule has 0 radical (unpaired) electrons. The number of aryl methyl sites for hydroxylation is 2. The second-order valence-corrected chi connectivity index (χ2v) is 4.92. The fourth-order valence-corrected chi connectivity index (χ4v) is 1.94. The number of hydrogen-bond donors (Lipinski definition) is 2. The summed E-state index contributed by atoms with van der Waals surface area (Å²) < 4.78 is 1.81. The van der Waals surface area contributed by atoms with Gasteiger partial charge in [-0.15, -0.1) is 0 Å². The average Bonchev–Trinajstić information content (AvgIpc) is 2.74. The zero-order valence-corrected chi connectivity index (χ0v) is 10.1. The van der Waals surface area contributed by atoms with Crippen LogP contribution in [0.3, 0.4) is 0 Å². The molecule has 1 aromatic rings. The molecule has 1 aliphatic carbocycles. The first-order valence-electron chi connectivity index (χ1n) is 5.04. The number of hydrogen-bond acceptors (Lipinski definition) is 3. The van der Waals surface area contributed by atoms with E-state index < -0.39 is 0 Å². The van der Waals surface area contributed by atoms with E-state index in [0.717, 1.165) is 17.1 Å². The topological polar surface area (TPSA) is 55.9 Å². The number of nitrogens with two attached hydrogens (primary N) is 1. The molecular weight excluding hydrogens is 208 g/mol. The molecule has 1 heterocycles. The first kappa shape index (κ1) is 10.4. The van der Waals surface area contributed by atoms with Gasteiger partial charge in [0.15, 0.2) is 0 Å². The molecule has 1 fully saturated rings. The van der Waals surface area contributed by atoms with Gasteiger partial charge in [0, 0.05) is 12.6 Å². The predicted molar refractivity (Wildman–Crippen MR) is 65.1 cm³/mol. The highest BCUT2D eigenvalue weighted by Gasteiger charge is 2.38. The van der Waals surface area contributed by atoms with Crippen LogP contribution in [0, 0.1) is 6.92 Å². The van der Waals surface area contributed by atoms with E-state index in [0.29, 0.717) is 4.99 Å². The highest BCUT2D eigenvalue weighted by Crippen LogP contribution is 2.39. The standard InChI is InChI=1S/C10H16N4S/c1-6-7(8(11)15)9(14(3)13-6)12-10(2)4-5-10/h12H,4-5H2,1-3H3,(H2,11,15). The number of nitrogens with zero attached hydrogens (tertiary/aromatic N) is 2. The number of rotatable bonds is 3. The van der Waals surface area contributed by atoms with Gasteiger partial charge in [0.25, 0.3) is 0 Å². The quantitative estimate of drug-likeness (QED) is 0.760. The van der Waals surface area contributed by atoms with Crippen molar-refractivity contribution in [2.75, 3.05) is 5.32 Å². The zero-order chi connectivity index (χ0) is 11.2. The number of thiocarbonyl (C=S) groups is 1. The molecular formula is C10H16N4S. The van der Waals surface area contributed by atoms with Crippen molar-refractivity contribution in [1.82, 2.24) is 9.78 Å². The fourth-order valence-electron chi connectivity index (χ4n) is 1.69. The molecule has 0 unspecified atom stereocenters. The molecule has 1 aliphatic rings. The number of anilines is 1. The Hall–Kier alpha value is -1.10. The van der Waals surface area contributed by atoms with Crippen molar-refractivity contribution in [2.45, 2.75) is 32.2 Å². The van der Waals surface area contributed by atoms with Gasteiger partial charge in [0.05, 0.1) is 11.3 Å². The van der Waals surface area contributed by atoms with E-state index in [-0.39, 0.29) is 5.54 Å². The average molecular weight is 224 g/mol. The van der Waals surface area contributed by atoms with E-state index in [1.807, 2.05) is 18.7 Å². The van der Waals surface area contributed by atoms with Crippen LogP contribution in [0.1, 0.15) is 31.0 Å². The van der Waals surface area contributed by atoms with Gasteiger partial charge in [-0.25, -0.2) is 0 Å². The van der Waals surface area contributed by atoms with E-state index in [9.17, 15) is 0 Å². The van der Waals surface area contributed by atoms with Gasteiger partial charge < -0.3 is 11.1 Å². The highest BCUT2D eigenvalue weighted by atomic mass is 32.1. The van der Waals surface area contributed by atoms with Crippen LogP contribution < -0.4 is 11.1 Å². The van der Waals surface area contributed by atoms with Gasteiger partial charge >= 0.3 is 0 Å². The van der Waals surface area contributed by atoms with E-state index in [2.05, 4.69) is 17.3 Å². The summed E-state index contributed by atoms with van der Waals surface area (Å²) in [4.78, 5) is 0.410. The van der Waals surface area contributed by atoms with Crippen LogP contribution in [-0.4, -0.2) is 20.3 Å². The van der Waals surface area contributed by atoms with E-state index in [4.69, 9.17) is 18.0 Å². The monoisotopic (exact) mass is 224 g/mol. The Morgan fingerprint density at radius 1 is 1.60 bits per heavy atom. The molecule has 5 heteroatoms. The van der Waals surface area contributed by atoms with Crippen molar-refractivity contribution < 1.29 is 0 Å². The van der Waals surface area contributed by atoms with Crippen LogP contribution in [0.15, 0.2) is 0 Å². The van der Waals surface area contributed by atoms with E-state index in [1.165, 1.54) is 12.8 Å². The maximum absolute atomic E-state index is 5.71. The molecule has 15 heavy (non-hydrogen) atoms. The summed E-state index contributed by atoms with van der Waals surface area (Å²) in [6.07, 6.45) is 2.38. The molecule has 4 nitrogen and oxygen atoms in total. The Morgan fingerprint density at radius 3 is 2.67 bits per heavy atom. The van der Waals surface area contributed by atoms with Crippen LogP contribution in [-0.2, 0) is 7.05 Å². The molecule has 2 rings (SSSR count). The first-order chi connectivity index (χ1) is 6.93. The lowest BCUT2D eigenvalue weighted by Gasteiger charge is -2.14. The van der Waals surface area contributed by atoms with Gasteiger partial charge in [0.1, 0.15) is 10.8 Å². The maximum atomic E-state index is 5.71. The van der Waals surface area contributed by atoms with Crippen LogP contribution in [0.25, 0.3) is 0 Å². The largest absolute Gasteiger partial charge is 0.389 e.